The zero-order valence-corrected chi connectivity index (χ0v) is 10.7. The molecule has 2 aromatic rings. The lowest BCUT2D eigenvalue weighted by atomic mass is 10.1. The van der Waals surface area contributed by atoms with Crippen molar-refractivity contribution in [2.24, 2.45) is 0 Å². The van der Waals surface area contributed by atoms with E-state index < -0.39 is 0 Å². The van der Waals surface area contributed by atoms with Crippen LogP contribution >= 0.6 is 0 Å². The Labute approximate surface area is 107 Å². The van der Waals surface area contributed by atoms with Crippen molar-refractivity contribution in [3.05, 3.63) is 42.5 Å². The molecular weight excluding hydrogens is 226 g/mol. The van der Waals surface area contributed by atoms with Crippen LogP contribution in [0.25, 0.3) is 10.8 Å². The van der Waals surface area contributed by atoms with Gasteiger partial charge in [-0.25, -0.2) is 0 Å². The van der Waals surface area contributed by atoms with Crippen LogP contribution in [0.4, 0.5) is 0 Å². The van der Waals surface area contributed by atoms with E-state index >= 15 is 0 Å². The van der Waals surface area contributed by atoms with Gasteiger partial charge in [0.1, 0.15) is 24.9 Å². The number of benzene rings is 2. The van der Waals surface area contributed by atoms with Gasteiger partial charge in [-0.3, -0.25) is 0 Å². The Hall–Kier alpha value is -1.58. The van der Waals surface area contributed by atoms with Crippen LogP contribution < -0.4 is 10.1 Å². The van der Waals surface area contributed by atoms with E-state index in [1.807, 2.05) is 31.2 Å². The van der Waals surface area contributed by atoms with Gasteiger partial charge in [-0.2, -0.15) is 0 Å². The van der Waals surface area contributed by atoms with E-state index in [1.165, 1.54) is 5.39 Å². The lowest BCUT2D eigenvalue weighted by Crippen LogP contribution is -2.91. The Morgan fingerprint density at radius 1 is 1.17 bits per heavy atom. The van der Waals surface area contributed by atoms with E-state index in [9.17, 15) is 0 Å². The van der Waals surface area contributed by atoms with Crippen molar-refractivity contribution < 1.29 is 15.2 Å². The van der Waals surface area contributed by atoms with E-state index in [-0.39, 0.29) is 12.6 Å². The van der Waals surface area contributed by atoms with E-state index in [0.717, 1.165) is 17.7 Å². The van der Waals surface area contributed by atoms with Crippen LogP contribution in [-0.4, -0.2) is 30.9 Å². The fourth-order valence-electron chi connectivity index (χ4n) is 1.92. The zero-order chi connectivity index (χ0) is 12.8. The Morgan fingerprint density at radius 2 is 1.94 bits per heavy atom. The maximum Gasteiger partial charge on any atom is 0.137 e. The van der Waals surface area contributed by atoms with Gasteiger partial charge in [0.15, 0.2) is 0 Å². The Bertz CT molecular complexity index is 493. The second-order valence-electron chi connectivity index (χ2n) is 4.51. The van der Waals surface area contributed by atoms with Gasteiger partial charge in [0, 0.05) is 5.39 Å². The summed E-state index contributed by atoms with van der Waals surface area (Å²) in [5.41, 5.74) is 0. The maximum absolute atomic E-state index is 8.92. The van der Waals surface area contributed by atoms with Crippen molar-refractivity contribution in [2.45, 2.75) is 13.0 Å². The van der Waals surface area contributed by atoms with Gasteiger partial charge >= 0.3 is 0 Å². The van der Waals surface area contributed by atoms with Gasteiger partial charge in [-0.1, -0.05) is 36.4 Å². The van der Waals surface area contributed by atoms with Gasteiger partial charge in [0.2, 0.25) is 0 Å². The molecule has 0 unspecified atom stereocenters. The van der Waals surface area contributed by atoms with Crippen LogP contribution in [-0.2, 0) is 0 Å². The summed E-state index contributed by atoms with van der Waals surface area (Å²) in [6.07, 6.45) is 0. The number of quaternary nitrogens is 1. The summed E-state index contributed by atoms with van der Waals surface area (Å²) in [6.45, 7) is 3.70. The zero-order valence-electron chi connectivity index (χ0n) is 10.7. The van der Waals surface area contributed by atoms with Gasteiger partial charge < -0.3 is 15.2 Å². The van der Waals surface area contributed by atoms with Crippen molar-refractivity contribution in [3.8, 4) is 5.75 Å². The number of hydrogen-bond acceptors (Lipinski definition) is 2. The van der Waals surface area contributed by atoms with E-state index in [2.05, 4.69) is 23.5 Å². The number of hydrogen-bond donors (Lipinski definition) is 2. The second-order valence-corrected chi connectivity index (χ2v) is 4.51. The first-order valence-corrected chi connectivity index (χ1v) is 6.36. The molecule has 3 nitrogen and oxygen atoms in total. The summed E-state index contributed by atoms with van der Waals surface area (Å²) < 4.78 is 5.80. The molecule has 2 rings (SSSR count). The van der Waals surface area contributed by atoms with E-state index in [4.69, 9.17) is 9.84 Å². The molecule has 0 saturated heterocycles. The summed E-state index contributed by atoms with van der Waals surface area (Å²) in [7, 11) is 0. The lowest BCUT2D eigenvalue weighted by molar-refractivity contribution is -0.688. The fraction of sp³-hybridized carbons (Fsp3) is 0.333. The number of aliphatic hydroxyl groups is 1. The molecule has 0 heterocycles. The average molecular weight is 246 g/mol. The van der Waals surface area contributed by atoms with Crippen LogP contribution in [0.2, 0.25) is 0 Å². The molecule has 1 atom stereocenters. The molecule has 18 heavy (non-hydrogen) atoms. The topological polar surface area (TPSA) is 46.1 Å². The van der Waals surface area contributed by atoms with Crippen molar-refractivity contribution in [1.82, 2.24) is 0 Å². The van der Waals surface area contributed by atoms with E-state index in [0.29, 0.717) is 6.61 Å². The SMILES string of the molecule is C[C@H](CO)[NH2+]CCOc1cccc2ccccc12. The highest BCUT2D eigenvalue weighted by Gasteiger charge is 2.03. The fourth-order valence-corrected chi connectivity index (χ4v) is 1.92. The van der Waals surface area contributed by atoms with E-state index in [1.54, 1.807) is 0 Å². The molecule has 2 aromatic carbocycles. The predicted molar refractivity (Wildman–Crippen MR) is 72.8 cm³/mol. The molecule has 0 aromatic heterocycles. The molecule has 0 aliphatic carbocycles. The van der Waals surface area contributed by atoms with Crippen LogP contribution in [0.15, 0.2) is 42.5 Å². The second kappa shape index (κ2) is 6.38. The molecule has 96 valence electrons. The minimum absolute atomic E-state index is 0.203. The first kappa shape index (κ1) is 12.9. The molecular formula is C15H20NO2+. The Morgan fingerprint density at radius 3 is 2.78 bits per heavy atom. The third kappa shape index (κ3) is 3.22. The third-order valence-corrected chi connectivity index (χ3v) is 2.98. The monoisotopic (exact) mass is 246 g/mol. The summed E-state index contributed by atoms with van der Waals surface area (Å²) in [5.74, 6) is 0.929. The van der Waals surface area contributed by atoms with Crippen LogP contribution in [0.1, 0.15) is 6.92 Å². The lowest BCUT2D eigenvalue weighted by Gasteiger charge is -2.10. The molecule has 0 aliphatic rings. The normalized spacial score (nSPS) is 12.6. The molecule has 0 aliphatic heterocycles. The molecule has 3 heteroatoms. The van der Waals surface area contributed by atoms with Crippen molar-refractivity contribution in [2.75, 3.05) is 19.8 Å². The molecule has 0 saturated carbocycles. The minimum atomic E-state index is 0.203. The quantitative estimate of drug-likeness (QED) is 0.751. The van der Waals surface area contributed by atoms with Gasteiger partial charge in [0.25, 0.3) is 0 Å². The third-order valence-electron chi connectivity index (χ3n) is 2.98. The van der Waals surface area contributed by atoms with Crippen LogP contribution in [0.3, 0.4) is 0 Å². The summed E-state index contributed by atoms with van der Waals surface area (Å²) in [5, 5.41) is 13.4. The summed E-state index contributed by atoms with van der Waals surface area (Å²) in [6, 6.07) is 14.5. The molecule has 3 N–H and O–H groups in total. The first-order valence-electron chi connectivity index (χ1n) is 6.36. The highest BCUT2D eigenvalue weighted by atomic mass is 16.5. The number of fused-ring (bicyclic) bond motifs is 1. The highest BCUT2D eigenvalue weighted by Crippen LogP contribution is 2.24. The van der Waals surface area contributed by atoms with Gasteiger partial charge in [-0.15, -0.1) is 0 Å². The number of nitrogens with two attached hydrogens (primary N) is 1. The van der Waals surface area contributed by atoms with Gasteiger partial charge in [-0.05, 0) is 18.4 Å². The largest absolute Gasteiger partial charge is 0.487 e. The molecule has 0 radical (unpaired) electrons. The smallest absolute Gasteiger partial charge is 0.137 e. The molecule has 0 fully saturated rings. The van der Waals surface area contributed by atoms with Gasteiger partial charge in [0.05, 0.1) is 6.61 Å². The molecule has 0 bridgehead atoms. The van der Waals surface area contributed by atoms with Crippen molar-refractivity contribution >= 4 is 10.8 Å². The minimum Gasteiger partial charge on any atom is -0.487 e. The van der Waals surface area contributed by atoms with Crippen LogP contribution in [0, 0.1) is 0 Å². The first-order chi connectivity index (χ1) is 8.81. The Kier molecular flexibility index (Phi) is 4.56. The molecule has 0 spiro atoms. The van der Waals surface area contributed by atoms with Crippen LogP contribution in [0.5, 0.6) is 5.75 Å². The van der Waals surface area contributed by atoms with Crippen molar-refractivity contribution in [3.63, 3.8) is 0 Å². The standard InChI is InChI=1S/C15H19NO2/c1-12(11-17)16-9-10-18-15-8-4-6-13-5-2-3-7-14(13)15/h2-8,12,16-17H,9-11H2,1H3/p+1/t12-/m1/s1. The summed E-state index contributed by atoms with van der Waals surface area (Å²) >= 11 is 0. The number of rotatable bonds is 6. The highest BCUT2D eigenvalue weighted by molar-refractivity contribution is 5.88. The molecule has 0 amide bonds. The summed E-state index contributed by atoms with van der Waals surface area (Å²) in [4.78, 5) is 0. The average Bonchev–Trinajstić information content (AvgIpc) is 2.43. The number of aliphatic hydroxyl groups excluding tert-OH is 1. The van der Waals surface area contributed by atoms with Crippen molar-refractivity contribution in [1.29, 1.82) is 0 Å². The number of ether oxygens (including phenoxy) is 1. The Balaban J connectivity index is 1.95. The maximum atomic E-state index is 8.92. The predicted octanol–water partition coefficient (Wildman–Crippen LogP) is 1.16.